The summed E-state index contributed by atoms with van der Waals surface area (Å²) in [5, 5.41) is 1.44. The Hall–Kier alpha value is -1.28. The first-order valence-corrected chi connectivity index (χ1v) is 7.44. The van der Waals surface area contributed by atoms with E-state index in [0.717, 1.165) is 13.1 Å². The van der Waals surface area contributed by atoms with Gasteiger partial charge in [0.05, 0.1) is 0 Å². The molecule has 1 aromatic carbocycles. The molecule has 0 spiro atoms. The quantitative estimate of drug-likeness (QED) is 0.730. The molecule has 0 fully saturated rings. The Morgan fingerprint density at radius 1 is 1.11 bits per heavy atom. The van der Waals surface area contributed by atoms with Crippen LogP contribution >= 0.6 is 0 Å². The standard InChI is InChI=1S/C17H26N2/c1-4-5-13-19-14-15(9-8-12-18(2)3)16-10-6-7-11-17(16)19/h6-7,10-11,14H,4-5,8-9,12-13H2,1-3H3. The summed E-state index contributed by atoms with van der Waals surface area (Å²) in [5.74, 6) is 0. The molecule has 0 aliphatic rings. The second kappa shape index (κ2) is 6.76. The molecule has 0 radical (unpaired) electrons. The summed E-state index contributed by atoms with van der Waals surface area (Å²) in [4.78, 5) is 2.26. The topological polar surface area (TPSA) is 8.17 Å². The molecule has 0 N–H and O–H groups in total. The first-order chi connectivity index (χ1) is 9.22. The highest BCUT2D eigenvalue weighted by molar-refractivity contribution is 5.83. The van der Waals surface area contributed by atoms with E-state index in [2.05, 4.69) is 60.9 Å². The molecule has 1 heterocycles. The van der Waals surface area contributed by atoms with Crippen LogP contribution in [0.3, 0.4) is 0 Å². The van der Waals surface area contributed by atoms with Crippen LogP contribution in [-0.2, 0) is 13.0 Å². The van der Waals surface area contributed by atoms with E-state index < -0.39 is 0 Å². The largest absolute Gasteiger partial charge is 0.347 e. The summed E-state index contributed by atoms with van der Waals surface area (Å²) in [6.07, 6.45) is 7.29. The summed E-state index contributed by atoms with van der Waals surface area (Å²) in [6, 6.07) is 8.82. The Morgan fingerprint density at radius 2 is 1.89 bits per heavy atom. The van der Waals surface area contributed by atoms with Gasteiger partial charge in [-0.2, -0.15) is 0 Å². The van der Waals surface area contributed by atoms with Crippen molar-refractivity contribution in [1.82, 2.24) is 9.47 Å². The van der Waals surface area contributed by atoms with Crippen LogP contribution in [0.15, 0.2) is 30.5 Å². The molecule has 0 amide bonds. The number of unbranched alkanes of at least 4 members (excludes halogenated alkanes) is 1. The number of aryl methyl sites for hydroxylation is 2. The van der Waals surface area contributed by atoms with E-state index >= 15 is 0 Å². The van der Waals surface area contributed by atoms with Crippen molar-refractivity contribution in [3.63, 3.8) is 0 Å². The van der Waals surface area contributed by atoms with E-state index in [1.165, 1.54) is 42.1 Å². The maximum atomic E-state index is 2.43. The Bertz CT molecular complexity index is 511. The molecule has 2 aromatic rings. The summed E-state index contributed by atoms with van der Waals surface area (Å²) < 4.78 is 2.43. The zero-order valence-corrected chi connectivity index (χ0v) is 12.5. The van der Waals surface area contributed by atoms with Crippen LogP contribution in [0.2, 0.25) is 0 Å². The van der Waals surface area contributed by atoms with Crippen LogP contribution in [-0.4, -0.2) is 30.1 Å². The van der Waals surface area contributed by atoms with Gasteiger partial charge in [-0.1, -0.05) is 31.5 Å². The van der Waals surface area contributed by atoms with Gasteiger partial charge in [0.25, 0.3) is 0 Å². The maximum absolute atomic E-state index is 2.43. The van der Waals surface area contributed by atoms with Crippen LogP contribution in [0.25, 0.3) is 10.9 Å². The van der Waals surface area contributed by atoms with Crippen LogP contribution in [0.5, 0.6) is 0 Å². The van der Waals surface area contributed by atoms with Gasteiger partial charge in [-0.3, -0.25) is 0 Å². The molecule has 104 valence electrons. The third kappa shape index (κ3) is 3.60. The Kier molecular flexibility index (Phi) is 5.03. The van der Waals surface area contributed by atoms with E-state index in [1.807, 2.05) is 0 Å². The molecule has 0 bridgehead atoms. The summed E-state index contributed by atoms with van der Waals surface area (Å²) >= 11 is 0. The summed E-state index contributed by atoms with van der Waals surface area (Å²) in [6.45, 7) is 4.56. The summed E-state index contributed by atoms with van der Waals surface area (Å²) in [7, 11) is 4.29. The average molecular weight is 258 g/mol. The maximum Gasteiger partial charge on any atom is 0.0483 e. The molecule has 0 atom stereocenters. The normalized spacial score (nSPS) is 11.6. The predicted octanol–water partition coefficient (Wildman–Crippen LogP) is 3.94. The fourth-order valence-corrected chi connectivity index (χ4v) is 2.62. The van der Waals surface area contributed by atoms with Crippen LogP contribution in [0.4, 0.5) is 0 Å². The third-order valence-corrected chi connectivity index (χ3v) is 3.68. The van der Waals surface area contributed by atoms with Gasteiger partial charge in [0.2, 0.25) is 0 Å². The van der Waals surface area contributed by atoms with E-state index in [-0.39, 0.29) is 0 Å². The smallest absolute Gasteiger partial charge is 0.0483 e. The van der Waals surface area contributed by atoms with E-state index in [1.54, 1.807) is 0 Å². The molecule has 1 aromatic heterocycles. The van der Waals surface area contributed by atoms with Gasteiger partial charge in [-0.05, 0) is 51.5 Å². The molecule has 0 saturated heterocycles. The highest BCUT2D eigenvalue weighted by Crippen LogP contribution is 2.23. The van der Waals surface area contributed by atoms with E-state index in [9.17, 15) is 0 Å². The van der Waals surface area contributed by atoms with Crippen molar-refractivity contribution in [2.45, 2.75) is 39.2 Å². The lowest BCUT2D eigenvalue weighted by atomic mass is 10.1. The van der Waals surface area contributed by atoms with Gasteiger partial charge < -0.3 is 9.47 Å². The number of aromatic nitrogens is 1. The Balaban J connectivity index is 2.18. The number of hydrogen-bond donors (Lipinski definition) is 0. The predicted molar refractivity (Wildman–Crippen MR) is 83.7 cm³/mol. The number of para-hydroxylation sites is 1. The highest BCUT2D eigenvalue weighted by atomic mass is 15.0. The molecular weight excluding hydrogens is 232 g/mol. The fraction of sp³-hybridized carbons (Fsp3) is 0.529. The monoisotopic (exact) mass is 258 g/mol. The van der Waals surface area contributed by atoms with Crippen LogP contribution < -0.4 is 0 Å². The number of nitrogens with zero attached hydrogens (tertiary/aromatic N) is 2. The first-order valence-electron chi connectivity index (χ1n) is 7.44. The van der Waals surface area contributed by atoms with Crippen molar-refractivity contribution in [3.05, 3.63) is 36.0 Å². The van der Waals surface area contributed by atoms with Crippen molar-refractivity contribution in [2.24, 2.45) is 0 Å². The number of rotatable bonds is 7. The van der Waals surface area contributed by atoms with Gasteiger partial charge >= 0.3 is 0 Å². The van der Waals surface area contributed by atoms with Gasteiger partial charge in [-0.25, -0.2) is 0 Å². The van der Waals surface area contributed by atoms with Gasteiger partial charge in [0.1, 0.15) is 0 Å². The number of benzene rings is 1. The average Bonchev–Trinajstić information content (AvgIpc) is 2.75. The minimum Gasteiger partial charge on any atom is -0.347 e. The highest BCUT2D eigenvalue weighted by Gasteiger charge is 2.07. The SMILES string of the molecule is CCCCn1cc(CCCN(C)C)c2ccccc21. The Labute approximate surface area is 117 Å². The molecule has 0 aliphatic heterocycles. The molecule has 0 aliphatic carbocycles. The van der Waals surface area contributed by atoms with Crippen molar-refractivity contribution < 1.29 is 0 Å². The lowest BCUT2D eigenvalue weighted by Gasteiger charge is -2.08. The minimum absolute atomic E-state index is 1.14. The third-order valence-electron chi connectivity index (χ3n) is 3.68. The molecule has 0 unspecified atom stereocenters. The molecule has 2 nitrogen and oxygen atoms in total. The molecule has 19 heavy (non-hydrogen) atoms. The minimum atomic E-state index is 1.14. The van der Waals surface area contributed by atoms with Crippen molar-refractivity contribution in [3.8, 4) is 0 Å². The Morgan fingerprint density at radius 3 is 2.63 bits per heavy atom. The first kappa shape index (κ1) is 14.1. The zero-order valence-electron chi connectivity index (χ0n) is 12.5. The van der Waals surface area contributed by atoms with Crippen LogP contribution in [0.1, 0.15) is 31.7 Å². The van der Waals surface area contributed by atoms with E-state index in [0.29, 0.717) is 0 Å². The summed E-state index contributed by atoms with van der Waals surface area (Å²) in [5.41, 5.74) is 2.91. The number of hydrogen-bond acceptors (Lipinski definition) is 1. The fourth-order valence-electron chi connectivity index (χ4n) is 2.62. The number of fused-ring (bicyclic) bond motifs is 1. The lowest BCUT2D eigenvalue weighted by molar-refractivity contribution is 0.400. The van der Waals surface area contributed by atoms with E-state index in [4.69, 9.17) is 0 Å². The second-order valence-electron chi connectivity index (χ2n) is 5.63. The molecular formula is C17H26N2. The van der Waals surface area contributed by atoms with Crippen molar-refractivity contribution in [2.75, 3.05) is 20.6 Å². The molecule has 0 saturated carbocycles. The van der Waals surface area contributed by atoms with Gasteiger partial charge in [0.15, 0.2) is 0 Å². The van der Waals surface area contributed by atoms with Crippen molar-refractivity contribution >= 4 is 10.9 Å². The zero-order chi connectivity index (χ0) is 13.7. The second-order valence-corrected chi connectivity index (χ2v) is 5.63. The van der Waals surface area contributed by atoms with Crippen LogP contribution in [0, 0.1) is 0 Å². The van der Waals surface area contributed by atoms with Crippen molar-refractivity contribution in [1.29, 1.82) is 0 Å². The molecule has 2 rings (SSSR count). The molecule has 2 heteroatoms. The lowest BCUT2D eigenvalue weighted by Crippen LogP contribution is -2.13. The van der Waals surface area contributed by atoms with Gasteiger partial charge in [0, 0.05) is 23.6 Å². The van der Waals surface area contributed by atoms with Gasteiger partial charge in [-0.15, -0.1) is 0 Å².